The number of thiazole rings is 1. The molecule has 0 spiro atoms. The van der Waals surface area contributed by atoms with Gasteiger partial charge in [-0.25, -0.2) is 4.98 Å². The Morgan fingerprint density at radius 2 is 2.18 bits per heavy atom. The number of rotatable bonds is 10. The molecule has 0 aliphatic carbocycles. The van der Waals surface area contributed by atoms with E-state index in [0.29, 0.717) is 6.10 Å². The number of aromatic nitrogens is 1. The maximum atomic E-state index is 5.52. The normalized spacial score (nSPS) is 12.0. The molecule has 0 fully saturated rings. The van der Waals surface area contributed by atoms with Gasteiger partial charge in [-0.2, -0.15) is 0 Å². The van der Waals surface area contributed by atoms with Crippen molar-refractivity contribution in [2.75, 3.05) is 26.2 Å². The van der Waals surface area contributed by atoms with Gasteiger partial charge in [0.2, 0.25) is 0 Å². The largest absolute Gasteiger partial charge is 0.379 e. The maximum Gasteiger partial charge on any atom is 0.191 e. The van der Waals surface area contributed by atoms with Crippen molar-refractivity contribution in [1.82, 2.24) is 15.6 Å². The molecular weight excluding hydrogens is 296 g/mol. The Morgan fingerprint density at radius 3 is 2.82 bits per heavy atom. The summed E-state index contributed by atoms with van der Waals surface area (Å²) in [5.41, 5.74) is 0. The number of aryl methyl sites for hydroxylation is 1. The molecule has 2 N–H and O–H groups in total. The van der Waals surface area contributed by atoms with Crippen LogP contribution in [0.4, 0.5) is 0 Å². The maximum absolute atomic E-state index is 5.52. The number of guanidine groups is 1. The lowest BCUT2D eigenvalue weighted by Crippen LogP contribution is -2.38. The van der Waals surface area contributed by atoms with Crippen LogP contribution in [0.1, 0.15) is 44.0 Å². The van der Waals surface area contributed by atoms with Gasteiger partial charge in [-0.15, -0.1) is 11.3 Å². The van der Waals surface area contributed by atoms with Crippen molar-refractivity contribution in [2.45, 2.75) is 53.1 Å². The van der Waals surface area contributed by atoms with E-state index in [4.69, 9.17) is 4.74 Å². The van der Waals surface area contributed by atoms with Crippen LogP contribution in [0.3, 0.4) is 0 Å². The van der Waals surface area contributed by atoms with Gasteiger partial charge in [-0.1, -0.05) is 6.92 Å². The molecule has 0 saturated heterocycles. The van der Waals surface area contributed by atoms with Crippen LogP contribution in [0.25, 0.3) is 0 Å². The molecule has 1 rings (SSSR count). The van der Waals surface area contributed by atoms with Crippen LogP contribution in [0.15, 0.2) is 11.2 Å². The van der Waals surface area contributed by atoms with Crippen LogP contribution < -0.4 is 10.6 Å². The topological polar surface area (TPSA) is 58.5 Å². The fraction of sp³-hybridized carbons (Fsp3) is 0.750. The Morgan fingerprint density at radius 1 is 1.36 bits per heavy atom. The van der Waals surface area contributed by atoms with Crippen LogP contribution in [-0.2, 0) is 17.6 Å². The van der Waals surface area contributed by atoms with E-state index in [1.807, 2.05) is 6.20 Å². The van der Waals surface area contributed by atoms with Gasteiger partial charge < -0.3 is 15.4 Å². The first-order valence-electron chi connectivity index (χ1n) is 8.23. The number of ether oxygens (including phenoxy) is 1. The number of hydrogen-bond acceptors (Lipinski definition) is 4. The molecule has 0 aliphatic heterocycles. The van der Waals surface area contributed by atoms with E-state index in [9.17, 15) is 0 Å². The van der Waals surface area contributed by atoms with Crippen molar-refractivity contribution in [3.8, 4) is 0 Å². The molecule has 0 atom stereocenters. The van der Waals surface area contributed by atoms with E-state index in [0.717, 1.165) is 51.5 Å². The molecule has 1 heterocycles. The monoisotopic (exact) mass is 326 g/mol. The summed E-state index contributed by atoms with van der Waals surface area (Å²) in [5.74, 6) is 0.874. The highest BCUT2D eigenvalue weighted by Crippen LogP contribution is 2.13. The second kappa shape index (κ2) is 11.4. The van der Waals surface area contributed by atoms with Crippen molar-refractivity contribution < 1.29 is 4.74 Å². The second-order valence-corrected chi connectivity index (χ2v) is 6.48. The van der Waals surface area contributed by atoms with E-state index in [-0.39, 0.29) is 0 Å². The number of hydrogen-bond donors (Lipinski definition) is 2. The number of nitrogens with one attached hydrogen (secondary N) is 2. The van der Waals surface area contributed by atoms with E-state index < -0.39 is 0 Å². The first-order valence-corrected chi connectivity index (χ1v) is 9.04. The van der Waals surface area contributed by atoms with E-state index >= 15 is 0 Å². The van der Waals surface area contributed by atoms with Crippen LogP contribution in [0, 0.1) is 0 Å². The third-order valence-electron chi connectivity index (χ3n) is 2.95. The highest BCUT2D eigenvalue weighted by Gasteiger charge is 2.02. The Labute approximate surface area is 138 Å². The third-order valence-corrected chi connectivity index (χ3v) is 4.15. The van der Waals surface area contributed by atoms with Gasteiger partial charge in [0.15, 0.2) is 5.96 Å². The van der Waals surface area contributed by atoms with Gasteiger partial charge in [0.1, 0.15) is 0 Å². The molecular formula is C16H30N4OS. The molecule has 0 bridgehead atoms. The van der Waals surface area contributed by atoms with Crippen LogP contribution in [0.2, 0.25) is 0 Å². The van der Waals surface area contributed by atoms with Gasteiger partial charge in [0.05, 0.1) is 11.1 Å². The van der Waals surface area contributed by atoms with E-state index in [1.54, 1.807) is 11.3 Å². The van der Waals surface area contributed by atoms with Crippen molar-refractivity contribution in [3.63, 3.8) is 0 Å². The lowest BCUT2D eigenvalue weighted by Gasteiger charge is -2.11. The van der Waals surface area contributed by atoms with Crippen molar-refractivity contribution >= 4 is 17.3 Å². The van der Waals surface area contributed by atoms with Crippen molar-refractivity contribution in [3.05, 3.63) is 16.1 Å². The first-order chi connectivity index (χ1) is 10.7. The number of nitrogens with zero attached hydrogens (tertiary/aromatic N) is 2. The quantitative estimate of drug-likeness (QED) is 0.394. The molecule has 0 unspecified atom stereocenters. The summed E-state index contributed by atoms with van der Waals surface area (Å²) in [7, 11) is 0. The van der Waals surface area contributed by atoms with Gasteiger partial charge in [0.25, 0.3) is 0 Å². The molecule has 22 heavy (non-hydrogen) atoms. The molecule has 1 aromatic heterocycles. The van der Waals surface area contributed by atoms with Gasteiger partial charge >= 0.3 is 0 Å². The molecule has 0 aromatic carbocycles. The average molecular weight is 327 g/mol. The van der Waals surface area contributed by atoms with Gasteiger partial charge in [0, 0.05) is 43.7 Å². The summed E-state index contributed by atoms with van der Waals surface area (Å²) >= 11 is 1.80. The average Bonchev–Trinajstić information content (AvgIpc) is 2.94. The minimum absolute atomic E-state index is 0.293. The Balaban J connectivity index is 2.27. The predicted molar refractivity (Wildman–Crippen MR) is 94.9 cm³/mol. The molecule has 0 saturated carbocycles. The zero-order valence-corrected chi connectivity index (χ0v) is 15.1. The summed E-state index contributed by atoms with van der Waals surface area (Å²) in [5, 5.41) is 7.81. The Bertz CT molecular complexity index is 432. The highest BCUT2D eigenvalue weighted by molar-refractivity contribution is 7.11. The van der Waals surface area contributed by atoms with Crippen molar-refractivity contribution in [2.24, 2.45) is 4.99 Å². The van der Waals surface area contributed by atoms with E-state index in [2.05, 4.69) is 48.3 Å². The zero-order valence-electron chi connectivity index (χ0n) is 14.3. The lowest BCUT2D eigenvalue weighted by molar-refractivity contribution is 0.0782. The molecule has 0 aliphatic rings. The molecule has 1 aromatic rings. The Kier molecular flexibility index (Phi) is 9.82. The lowest BCUT2D eigenvalue weighted by atomic mass is 10.4. The fourth-order valence-corrected chi connectivity index (χ4v) is 2.69. The summed E-state index contributed by atoms with van der Waals surface area (Å²) in [4.78, 5) is 10.3. The fourth-order valence-electron chi connectivity index (χ4n) is 1.83. The summed E-state index contributed by atoms with van der Waals surface area (Å²) in [6, 6.07) is 0. The third kappa shape index (κ3) is 8.34. The van der Waals surface area contributed by atoms with Crippen LogP contribution >= 0.6 is 11.3 Å². The molecule has 126 valence electrons. The smallest absolute Gasteiger partial charge is 0.191 e. The van der Waals surface area contributed by atoms with Crippen LogP contribution in [-0.4, -0.2) is 43.3 Å². The van der Waals surface area contributed by atoms with Gasteiger partial charge in [-0.3, -0.25) is 4.99 Å². The molecule has 0 amide bonds. The minimum Gasteiger partial charge on any atom is -0.379 e. The minimum atomic E-state index is 0.293. The SMILES string of the molecule is CCNC(=NCCCOC(C)C)NCCc1ncc(CC)s1. The summed E-state index contributed by atoms with van der Waals surface area (Å²) in [6.07, 6.45) is 5.22. The van der Waals surface area contributed by atoms with Crippen molar-refractivity contribution in [1.29, 1.82) is 0 Å². The summed E-state index contributed by atoms with van der Waals surface area (Å²) in [6.45, 7) is 11.6. The second-order valence-electron chi connectivity index (χ2n) is 5.28. The zero-order chi connectivity index (χ0) is 16.2. The summed E-state index contributed by atoms with van der Waals surface area (Å²) < 4.78 is 5.52. The molecule has 5 nitrogen and oxygen atoms in total. The van der Waals surface area contributed by atoms with E-state index in [1.165, 1.54) is 9.88 Å². The Hall–Kier alpha value is -1.14. The van der Waals surface area contributed by atoms with Crippen LogP contribution in [0.5, 0.6) is 0 Å². The standard InChI is InChI=1S/C16H30N4OS/c1-5-14-12-20-15(22-14)8-10-19-16(17-6-2)18-9-7-11-21-13(3)4/h12-13H,5-11H2,1-4H3,(H2,17,18,19). The highest BCUT2D eigenvalue weighted by atomic mass is 32.1. The molecule has 0 radical (unpaired) electrons. The molecule has 6 heteroatoms. The van der Waals surface area contributed by atoms with Gasteiger partial charge in [-0.05, 0) is 33.6 Å². The number of aliphatic imine (C=N–C) groups is 1. The predicted octanol–water partition coefficient (Wildman–Crippen LogP) is 2.62. The first kappa shape index (κ1) is 18.9.